The summed E-state index contributed by atoms with van der Waals surface area (Å²) in [4.78, 5) is 6.32. The lowest BCUT2D eigenvalue weighted by Gasteiger charge is -2.17. The molecule has 0 radical (unpaired) electrons. The van der Waals surface area contributed by atoms with Crippen molar-refractivity contribution in [3.8, 4) is 11.5 Å². The highest BCUT2D eigenvalue weighted by molar-refractivity contribution is 7.07. The molecule has 1 aliphatic rings. The normalized spacial score (nSPS) is 15.1. The van der Waals surface area contributed by atoms with E-state index in [0.717, 1.165) is 43.1 Å². The standard InChI is InChI=1S/C26H32ClN3OS/c1-2-18-30-23(19-32-26(30)29-22-6-4-3-5-7-22)16-17-28-21-10-14-25(15-11-21)31-24-12-8-20(27)9-13-24/h8-15,19,22,28H,2-7,16-18H2,1H3. The van der Waals surface area contributed by atoms with Gasteiger partial charge in [0.05, 0.1) is 6.04 Å². The molecule has 1 fully saturated rings. The van der Waals surface area contributed by atoms with Gasteiger partial charge in [-0.15, -0.1) is 11.3 Å². The van der Waals surface area contributed by atoms with Crippen LogP contribution in [0.3, 0.4) is 0 Å². The van der Waals surface area contributed by atoms with Gasteiger partial charge >= 0.3 is 0 Å². The van der Waals surface area contributed by atoms with E-state index >= 15 is 0 Å². The number of ether oxygens (including phenoxy) is 1. The Morgan fingerprint density at radius 3 is 2.41 bits per heavy atom. The molecule has 0 atom stereocenters. The van der Waals surface area contributed by atoms with Crippen LogP contribution in [0.1, 0.15) is 51.1 Å². The fourth-order valence-corrected chi connectivity index (χ4v) is 5.27. The molecule has 0 aliphatic heterocycles. The van der Waals surface area contributed by atoms with Crippen molar-refractivity contribution < 1.29 is 4.74 Å². The molecule has 0 saturated heterocycles. The third-order valence-electron chi connectivity index (χ3n) is 5.81. The molecule has 0 unspecified atom stereocenters. The third-order valence-corrected chi connectivity index (χ3v) is 6.99. The maximum Gasteiger partial charge on any atom is 0.185 e. The van der Waals surface area contributed by atoms with Gasteiger partial charge in [-0.2, -0.15) is 0 Å². The second kappa shape index (κ2) is 11.6. The van der Waals surface area contributed by atoms with Gasteiger partial charge < -0.3 is 14.6 Å². The summed E-state index contributed by atoms with van der Waals surface area (Å²) >= 11 is 7.73. The van der Waals surface area contributed by atoms with Crippen LogP contribution in [0, 0.1) is 0 Å². The first kappa shape index (κ1) is 22.9. The van der Waals surface area contributed by atoms with Crippen molar-refractivity contribution in [3.63, 3.8) is 0 Å². The minimum Gasteiger partial charge on any atom is -0.457 e. The molecule has 170 valence electrons. The Morgan fingerprint density at radius 1 is 1.03 bits per heavy atom. The van der Waals surface area contributed by atoms with E-state index in [2.05, 4.69) is 34.3 Å². The van der Waals surface area contributed by atoms with Gasteiger partial charge in [-0.05, 0) is 67.8 Å². The fraction of sp³-hybridized carbons (Fsp3) is 0.423. The van der Waals surface area contributed by atoms with Crippen molar-refractivity contribution in [1.29, 1.82) is 0 Å². The van der Waals surface area contributed by atoms with Crippen molar-refractivity contribution in [1.82, 2.24) is 4.57 Å². The smallest absolute Gasteiger partial charge is 0.185 e. The van der Waals surface area contributed by atoms with Crippen LogP contribution in [0.2, 0.25) is 5.02 Å². The number of nitrogens with zero attached hydrogens (tertiary/aromatic N) is 2. The maximum atomic E-state index is 5.93. The Balaban J connectivity index is 1.33. The average Bonchev–Trinajstić information content (AvgIpc) is 3.18. The van der Waals surface area contributed by atoms with Gasteiger partial charge in [0, 0.05) is 41.3 Å². The summed E-state index contributed by atoms with van der Waals surface area (Å²) in [5.74, 6) is 1.59. The summed E-state index contributed by atoms with van der Waals surface area (Å²) < 4.78 is 8.31. The van der Waals surface area contributed by atoms with Gasteiger partial charge in [-0.1, -0.05) is 37.8 Å². The first-order valence-corrected chi connectivity index (χ1v) is 13.0. The largest absolute Gasteiger partial charge is 0.457 e. The van der Waals surface area contributed by atoms with Gasteiger partial charge in [-0.25, -0.2) is 0 Å². The minimum atomic E-state index is 0.519. The first-order valence-electron chi connectivity index (χ1n) is 11.7. The molecule has 1 saturated carbocycles. The average molecular weight is 470 g/mol. The SMILES string of the molecule is CCCn1c(CCNc2ccc(Oc3ccc(Cl)cc3)cc2)csc1=NC1CCCCC1. The summed E-state index contributed by atoms with van der Waals surface area (Å²) in [6.07, 6.45) is 8.64. The number of hydrogen-bond acceptors (Lipinski definition) is 4. The van der Waals surface area contributed by atoms with Gasteiger partial charge in [0.25, 0.3) is 0 Å². The van der Waals surface area contributed by atoms with Gasteiger partial charge in [0.15, 0.2) is 4.80 Å². The predicted molar refractivity (Wildman–Crippen MR) is 135 cm³/mol. The molecule has 0 spiro atoms. The minimum absolute atomic E-state index is 0.519. The number of halogens is 1. The molecular formula is C26H32ClN3OS. The molecule has 1 aromatic heterocycles. The third kappa shape index (κ3) is 6.39. The van der Waals surface area contributed by atoms with Crippen LogP contribution in [-0.2, 0) is 13.0 Å². The maximum absolute atomic E-state index is 5.93. The molecular weight excluding hydrogens is 438 g/mol. The number of nitrogens with one attached hydrogen (secondary N) is 1. The van der Waals surface area contributed by atoms with E-state index in [0.29, 0.717) is 11.1 Å². The van der Waals surface area contributed by atoms with E-state index in [1.54, 1.807) is 11.3 Å². The van der Waals surface area contributed by atoms with Crippen molar-refractivity contribution in [2.24, 2.45) is 4.99 Å². The number of rotatable bonds is 9. The zero-order valence-corrected chi connectivity index (χ0v) is 20.3. The van der Waals surface area contributed by atoms with Crippen molar-refractivity contribution in [2.75, 3.05) is 11.9 Å². The number of thiazole rings is 1. The fourth-order valence-electron chi connectivity index (χ4n) is 4.11. The molecule has 1 N–H and O–H groups in total. The van der Waals surface area contributed by atoms with Crippen LogP contribution in [0.4, 0.5) is 5.69 Å². The second-order valence-corrected chi connectivity index (χ2v) is 9.61. The van der Waals surface area contributed by atoms with E-state index in [9.17, 15) is 0 Å². The van der Waals surface area contributed by atoms with E-state index in [1.165, 1.54) is 42.6 Å². The topological polar surface area (TPSA) is 38.5 Å². The molecule has 4 nitrogen and oxygen atoms in total. The Bertz CT molecular complexity index is 1030. The zero-order valence-electron chi connectivity index (χ0n) is 18.7. The molecule has 6 heteroatoms. The predicted octanol–water partition coefficient (Wildman–Crippen LogP) is 7.29. The number of anilines is 1. The summed E-state index contributed by atoms with van der Waals surface area (Å²) in [6, 6.07) is 16.0. The van der Waals surface area contributed by atoms with Crippen LogP contribution >= 0.6 is 22.9 Å². The van der Waals surface area contributed by atoms with Crippen LogP contribution in [0.15, 0.2) is 58.9 Å². The molecule has 32 heavy (non-hydrogen) atoms. The highest BCUT2D eigenvalue weighted by Crippen LogP contribution is 2.24. The van der Waals surface area contributed by atoms with Gasteiger partial charge in [0.1, 0.15) is 11.5 Å². The highest BCUT2D eigenvalue weighted by Gasteiger charge is 2.13. The lowest BCUT2D eigenvalue weighted by molar-refractivity contribution is 0.433. The molecule has 2 aromatic carbocycles. The summed E-state index contributed by atoms with van der Waals surface area (Å²) in [5, 5.41) is 6.54. The molecule has 4 rings (SSSR count). The van der Waals surface area contributed by atoms with E-state index < -0.39 is 0 Å². The Morgan fingerprint density at radius 2 is 1.72 bits per heavy atom. The summed E-state index contributed by atoms with van der Waals surface area (Å²) in [7, 11) is 0. The van der Waals surface area contributed by atoms with Crippen LogP contribution in [0.25, 0.3) is 0 Å². The second-order valence-electron chi connectivity index (χ2n) is 8.34. The van der Waals surface area contributed by atoms with E-state index in [4.69, 9.17) is 21.3 Å². The van der Waals surface area contributed by atoms with Crippen molar-refractivity contribution in [2.45, 2.75) is 64.5 Å². The number of benzene rings is 2. The van der Waals surface area contributed by atoms with E-state index in [1.807, 2.05) is 36.4 Å². The van der Waals surface area contributed by atoms with Gasteiger partial charge in [0.2, 0.25) is 0 Å². The molecule has 3 aromatic rings. The Labute approximate surface area is 199 Å². The monoisotopic (exact) mass is 469 g/mol. The van der Waals surface area contributed by atoms with Crippen LogP contribution in [-0.4, -0.2) is 17.2 Å². The quantitative estimate of drug-likeness (QED) is 0.357. The zero-order chi connectivity index (χ0) is 22.2. The molecule has 0 bridgehead atoms. The summed E-state index contributed by atoms with van der Waals surface area (Å²) in [6.45, 7) is 4.17. The lowest BCUT2D eigenvalue weighted by Crippen LogP contribution is -2.22. The van der Waals surface area contributed by atoms with Gasteiger partial charge in [-0.3, -0.25) is 4.99 Å². The van der Waals surface area contributed by atoms with Crippen molar-refractivity contribution >= 4 is 28.6 Å². The van der Waals surface area contributed by atoms with Crippen LogP contribution < -0.4 is 14.9 Å². The first-order chi connectivity index (χ1) is 15.7. The van der Waals surface area contributed by atoms with E-state index in [-0.39, 0.29) is 0 Å². The highest BCUT2D eigenvalue weighted by atomic mass is 35.5. The van der Waals surface area contributed by atoms with Crippen molar-refractivity contribution in [3.05, 3.63) is 69.4 Å². The summed E-state index contributed by atoms with van der Waals surface area (Å²) in [5.41, 5.74) is 2.47. The molecule has 0 amide bonds. The van der Waals surface area contributed by atoms with Crippen LogP contribution in [0.5, 0.6) is 11.5 Å². The molecule has 1 aliphatic carbocycles. The Hall–Kier alpha value is -2.24. The lowest BCUT2D eigenvalue weighted by atomic mass is 9.96. The number of hydrogen-bond donors (Lipinski definition) is 1. The Kier molecular flexibility index (Phi) is 8.30. The number of aromatic nitrogens is 1. The molecule has 1 heterocycles.